The third-order valence-corrected chi connectivity index (χ3v) is 4.09. The summed E-state index contributed by atoms with van der Waals surface area (Å²) in [5, 5.41) is 3.40. The molecule has 4 heterocycles. The second kappa shape index (κ2) is 4.02. The summed E-state index contributed by atoms with van der Waals surface area (Å²) >= 11 is 0. The monoisotopic (exact) mass is 246 g/mol. The maximum Gasteiger partial charge on any atom is 0.171 e. The number of piperazine rings is 1. The quantitative estimate of drug-likeness (QED) is 0.779. The Bertz CT molecular complexity index is 460. The van der Waals surface area contributed by atoms with Crippen molar-refractivity contribution in [3.05, 3.63) is 12.3 Å². The molecule has 1 unspecified atom stereocenters. The highest BCUT2D eigenvalue weighted by Crippen LogP contribution is 2.35. The fraction of sp³-hybridized carbons (Fsp3) is 0.615. The molecular formula is C13H18N4O. The summed E-state index contributed by atoms with van der Waals surface area (Å²) in [4.78, 5) is 9.37. The van der Waals surface area contributed by atoms with Crippen LogP contribution in [-0.4, -0.2) is 50.4 Å². The van der Waals surface area contributed by atoms with Crippen LogP contribution in [0.15, 0.2) is 12.3 Å². The van der Waals surface area contributed by atoms with E-state index in [0.29, 0.717) is 6.04 Å². The number of nitrogens with one attached hydrogen (secondary N) is 1. The van der Waals surface area contributed by atoms with E-state index in [0.717, 1.165) is 50.9 Å². The number of ether oxygens (including phenoxy) is 1. The van der Waals surface area contributed by atoms with E-state index in [1.165, 1.54) is 12.1 Å². The lowest BCUT2D eigenvalue weighted by Crippen LogP contribution is -2.56. The largest absolute Gasteiger partial charge is 0.487 e. The molecule has 1 aromatic rings. The van der Waals surface area contributed by atoms with Crippen LogP contribution in [0.25, 0.3) is 0 Å². The zero-order valence-corrected chi connectivity index (χ0v) is 10.4. The first-order valence-electron chi connectivity index (χ1n) is 6.77. The van der Waals surface area contributed by atoms with E-state index in [2.05, 4.69) is 26.2 Å². The van der Waals surface area contributed by atoms with Crippen molar-refractivity contribution in [2.45, 2.75) is 12.5 Å². The molecule has 1 aromatic heterocycles. The first-order chi connectivity index (χ1) is 8.92. The summed E-state index contributed by atoms with van der Waals surface area (Å²) in [5.41, 5.74) is 1.20. The molecule has 5 nitrogen and oxygen atoms in total. The molecule has 2 fully saturated rings. The maximum atomic E-state index is 5.88. The van der Waals surface area contributed by atoms with E-state index in [-0.39, 0.29) is 0 Å². The second-order valence-electron chi connectivity index (χ2n) is 5.22. The average Bonchev–Trinajstić information content (AvgIpc) is 2.36. The van der Waals surface area contributed by atoms with Gasteiger partial charge in [0.15, 0.2) is 11.6 Å². The number of hydrogen-bond acceptors (Lipinski definition) is 5. The number of hydrogen-bond donors (Lipinski definition) is 1. The van der Waals surface area contributed by atoms with Crippen LogP contribution in [0, 0.1) is 0 Å². The van der Waals surface area contributed by atoms with E-state index in [1.54, 1.807) is 0 Å². The van der Waals surface area contributed by atoms with Gasteiger partial charge in [-0.25, -0.2) is 4.98 Å². The van der Waals surface area contributed by atoms with E-state index in [1.807, 2.05) is 6.20 Å². The van der Waals surface area contributed by atoms with Crippen LogP contribution >= 0.6 is 0 Å². The van der Waals surface area contributed by atoms with Gasteiger partial charge in [-0.1, -0.05) is 0 Å². The molecule has 2 saturated heterocycles. The molecule has 18 heavy (non-hydrogen) atoms. The number of rotatable bonds is 1. The van der Waals surface area contributed by atoms with E-state index < -0.39 is 0 Å². The summed E-state index contributed by atoms with van der Waals surface area (Å²) in [5.74, 6) is 1.98. The van der Waals surface area contributed by atoms with Crippen LogP contribution < -0.4 is 19.9 Å². The zero-order valence-electron chi connectivity index (χ0n) is 10.4. The van der Waals surface area contributed by atoms with Gasteiger partial charge in [0.25, 0.3) is 0 Å². The third-order valence-electron chi connectivity index (χ3n) is 4.09. The molecule has 3 aliphatic rings. The number of fused-ring (bicyclic) bond motifs is 3. The molecule has 0 saturated carbocycles. The number of nitrogens with zero attached hydrogens (tertiary/aromatic N) is 3. The molecule has 0 aliphatic carbocycles. The predicted molar refractivity (Wildman–Crippen MR) is 70.6 cm³/mol. The van der Waals surface area contributed by atoms with Gasteiger partial charge in [-0.05, 0) is 6.42 Å². The molecule has 3 aliphatic heterocycles. The highest BCUT2D eigenvalue weighted by molar-refractivity contribution is 5.62. The van der Waals surface area contributed by atoms with Crippen molar-refractivity contribution >= 4 is 11.5 Å². The SMILES string of the molecule is c1nc2c(cc1N1CCC1)OCC1CNCCN21. The standard InChI is InChI=1S/C13H18N4O/c1-3-16(4-1)10-6-12-13(15-8-10)17-5-2-14-7-11(17)9-18-12/h6,8,11,14H,1-5,7,9H2. The molecule has 1 atom stereocenters. The van der Waals surface area contributed by atoms with Crippen LogP contribution in [0.4, 0.5) is 11.5 Å². The Labute approximate surface area is 107 Å². The Balaban J connectivity index is 1.66. The predicted octanol–water partition coefficient (Wildman–Crippen LogP) is 0.462. The van der Waals surface area contributed by atoms with Crippen LogP contribution in [0.2, 0.25) is 0 Å². The lowest BCUT2D eigenvalue weighted by Gasteiger charge is -2.41. The van der Waals surface area contributed by atoms with Crippen molar-refractivity contribution in [2.75, 3.05) is 49.1 Å². The van der Waals surface area contributed by atoms with Crippen molar-refractivity contribution in [1.29, 1.82) is 0 Å². The minimum Gasteiger partial charge on any atom is -0.487 e. The van der Waals surface area contributed by atoms with E-state index >= 15 is 0 Å². The van der Waals surface area contributed by atoms with Gasteiger partial charge in [0, 0.05) is 38.8 Å². The highest BCUT2D eigenvalue weighted by atomic mass is 16.5. The van der Waals surface area contributed by atoms with E-state index in [9.17, 15) is 0 Å². The molecule has 5 heteroatoms. The molecule has 1 N–H and O–H groups in total. The summed E-state index contributed by atoms with van der Waals surface area (Å²) in [6.45, 7) is 6.12. The Kier molecular flexibility index (Phi) is 2.33. The molecule has 0 aromatic carbocycles. The van der Waals surface area contributed by atoms with Crippen LogP contribution in [0.5, 0.6) is 5.75 Å². The van der Waals surface area contributed by atoms with Crippen molar-refractivity contribution in [3.63, 3.8) is 0 Å². The molecular weight excluding hydrogens is 228 g/mol. The van der Waals surface area contributed by atoms with Gasteiger partial charge in [0.05, 0.1) is 17.9 Å². The maximum absolute atomic E-state index is 5.88. The average molecular weight is 246 g/mol. The number of pyridine rings is 1. The van der Waals surface area contributed by atoms with Gasteiger partial charge in [-0.2, -0.15) is 0 Å². The van der Waals surface area contributed by atoms with Gasteiger partial charge in [0.1, 0.15) is 6.61 Å². The first-order valence-corrected chi connectivity index (χ1v) is 6.77. The molecule has 0 spiro atoms. The Hall–Kier alpha value is -1.49. The normalized spacial score (nSPS) is 25.9. The zero-order chi connectivity index (χ0) is 11.9. The Morgan fingerprint density at radius 1 is 1.33 bits per heavy atom. The first kappa shape index (κ1) is 10.4. The van der Waals surface area contributed by atoms with Crippen molar-refractivity contribution in [3.8, 4) is 5.75 Å². The molecule has 0 bridgehead atoms. The highest BCUT2D eigenvalue weighted by Gasteiger charge is 2.31. The third kappa shape index (κ3) is 1.54. The van der Waals surface area contributed by atoms with Gasteiger partial charge in [-0.3, -0.25) is 0 Å². The van der Waals surface area contributed by atoms with Crippen LogP contribution in [0.3, 0.4) is 0 Å². The smallest absolute Gasteiger partial charge is 0.171 e. The van der Waals surface area contributed by atoms with Crippen molar-refractivity contribution in [1.82, 2.24) is 10.3 Å². The fourth-order valence-electron chi connectivity index (χ4n) is 2.87. The molecule has 4 rings (SSSR count). The summed E-state index contributed by atoms with van der Waals surface area (Å²) < 4.78 is 5.88. The Morgan fingerprint density at radius 3 is 3.11 bits per heavy atom. The van der Waals surface area contributed by atoms with Crippen molar-refractivity contribution in [2.24, 2.45) is 0 Å². The lowest BCUT2D eigenvalue weighted by molar-refractivity contribution is 0.244. The minimum atomic E-state index is 0.439. The molecule has 0 radical (unpaired) electrons. The van der Waals surface area contributed by atoms with Crippen LogP contribution in [0.1, 0.15) is 6.42 Å². The summed E-state index contributed by atoms with van der Waals surface area (Å²) in [6.07, 6.45) is 3.28. The minimum absolute atomic E-state index is 0.439. The number of aromatic nitrogens is 1. The lowest BCUT2D eigenvalue weighted by atomic mass is 10.1. The van der Waals surface area contributed by atoms with Gasteiger partial charge >= 0.3 is 0 Å². The van der Waals surface area contributed by atoms with Crippen molar-refractivity contribution < 1.29 is 4.74 Å². The molecule has 96 valence electrons. The topological polar surface area (TPSA) is 40.6 Å². The van der Waals surface area contributed by atoms with Crippen LogP contribution in [-0.2, 0) is 0 Å². The van der Waals surface area contributed by atoms with Gasteiger partial charge < -0.3 is 19.9 Å². The fourth-order valence-corrected chi connectivity index (χ4v) is 2.87. The Morgan fingerprint density at radius 2 is 2.28 bits per heavy atom. The van der Waals surface area contributed by atoms with E-state index in [4.69, 9.17) is 4.74 Å². The number of anilines is 2. The van der Waals surface area contributed by atoms with Gasteiger partial charge in [0.2, 0.25) is 0 Å². The summed E-state index contributed by atoms with van der Waals surface area (Å²) in [7, 11) is 0. The second-order valence-corrected chi connectivity index (χ2v) is 5.22. The summed E-state index contributed by atoms with van der Waals surface area (Å²) in [6, 6.07) is 2.59. The molecule has 0 amide bonds. The van der Waals surface area contributed by atoms with Gasteiger partial charge in [-0.15, -0.1) is 0 Å².